The van der Waals surface area contributed by atoms with Gasteiger partial charge in [0.15, 0.2) is 7.28 Å². The fraction of sp³-hybridized carbons (Fsp3) is 0. The van der Waals surface area contributed by atoms with Gasteiger partial charge in [-0.3, -0.25) is 0 Å². The molecule has 2 aliphatic rings. The number of benzene rings is 6. The molecule has 161 valence electrons. The van der Waals surface area contributed by atoms with Gasteiger partial charge in [0.2, 0.25) is 0 Å². The molecule has 3 heteroatoms. The van der Waals surface area contributed by atoms with E-state index in [4.69, 9.17) is 0 Å². The summed E-state index contributed by atoms with van der Waals surface area (Å²) in [6.45, 7) is 0. The molecule has 0 atom stereocenters. The van der Waals surface area contributed by atoms with Crippen LogP contribution in [0.4, 0.5) is 34.1 Å². The molecule has 1 radical (unpaired) electrons. The van der Waals surface area contributed by atoms with Gasteiger partial charge in [-0.2, -0.15) is 0 Å². The lowest BCUT2D eigenvalue weighted by Crippen LogP contribution is -2.43. The van der Waals surface area contributed by atoms with Crippen LogP contribution in [0.15, 0.2) is 121 Å². The van der Waals surface area contributed by atoms with Crippen molar-refractivity contribution in [3.05, 3.63) is 121 Å². The first-order valence-corrected chi connectivity index (χ1v) is 12.0. The topological polar surface area (TPSA) is 6.48 Å². The number of anilines is 6. The van der Waals surface area contributed by atoms with Crippen LogP contribution < -0.4 is 20.7 Å². The summed E-state index contributed by atoms with van der Waals surface area (Å²) in [4.78, 5) is 4.92. The normalized spacial score (nSPS) is 13.3. The number of hydrogen-bond acceptors (Lipinski definition) is 2. The highest BCUT2D eigenvalue weighted by atomic mass is 15.3. The Hall–Kier alpha value is -4.50. The van der Waals surface area contributed by atoms with Crippen molar-refractivity contribution in [1.82, 2.24) is 0 Å². The van der Waals surface area contributed by atoms with Gasteiger partial charge in [0.25, 0.3) is 0 Å². The summed E-state index contributed by atoms with van der Waals surface area (Å²) >= 11 is 0. The predicted molar refractivity (Wildman–Crippen MR) is 149 cm³/mol. The SMILES string of the molecule is [B]1c2ccccc2N2c3cc4ccccc4cc3N(c3ccccc3)c3cc4ccccc4c1c32. The third kappa shape index (κ3) is 2.61. The van der Waals surface area contributed by atoms with Gasteiger partial charge >= 0.3 is 0 Å². The minimum absolute atomic E-state index is 1.17. The molecule has 0 aromatic heterocycles. The van der Waals surface area contributed by atoms with E-state index in [0.29, 0.717) is 0 Å². The van der Waals surface area contributed by atoms with Crippen LogP contribution in [0.1, 0.15) is 0 Å². The zero-order chi connectivity index (χ0) is 22.9. The maximum atomic E-state index is 2.48. The van der Waals surface area contributed by atoms with Crippen molar-refractivity contribution in [2.24, 2.45) is 0 Å². The van der Waals surface area contributed by atoms with Crippen LogP contribution in [0, 0.1) is 0 Å². The van der Waals surface area contributed by atoms with Crippen molar-refractivity contribution in [2.75, 3.05) is 9.80 Å². The van der Waals surface area contributed by atoms with Crippen molar-refractivity contribution in [3.63, 3.8) is 0 Å². The largest absolute Gasteiger partial charge is 0.307 e. The quantitative estimate of drug-likeness (QED) is 0.247. The number of fused-ring (bicyclic) bond motifs is 7. The Morgan fingerprint density at radius 2 is 1.06 bits per heavy atom. The fourth-order valence-corrected chi connectivity index (χ4v) is 5.80. The number of nitrogens with zero attached hydrogens (tertiary/aromatic N) is 2. The molecule has 2 heterocycles. The summed E-state index contributed by atoms with van der Waals surface area (Å²) in [6.07, 6.45) is 0. The number of rotatable bonds is 1. The van der Waals surface area contributed by atoms with Crippen LogP contribution in [0.3, 0.4) is 0 Å². The Bertz CT molecular complexity index is 1790. The van der Waals surface area contributed by atoms with Gasteiger partial charge in [-0.15, -0.1) is 0 Å². The molecule has 0 bridgehead atoms. The van der Waals surface area contributed by atoms with Crippen LogP contribution in [0.25, 0.3) is 21.5 Å². The first kappa shape index (κ1) is 18.9. The van der Waals surface area contributed by atoms with Gasteiger partial charge in [0.1, 0.15) is 0 Å². The van der Waals surface area contributed by atoms with Crippen LogP contribution in [-0.2, 0) is 0 Å². The fourth-order valence-electron chi connectivity index (χ4n) is 5.80. The lowest BCUT2D eigenvalue weighted by molar-refractivity contribution is 1.19. The molecular weight excluding hydrogens is 423 g/mol. The van der Waals surface area contributed by atoms with E-state index in [1.165, 1.54) is 66.6 Å². The molecular formula is C32H20BN2. The van der Waals surface area contributed by atoms with Crippen LogP contribution >= 0.6 is 0 Å². The maximum absolute atomic E-state index is 2.48. The lowest BCUT2D eigenvalue weighted by atomic mass is 9.58. The third-order valence-electron chi connectivity index (χ3n) is 7.32. The molecule has 2 nitrogen and oxygen atoms in total. The molecule has 0 N–H and O–H groups in total. The highest BCUT2D eigenvalue weighted by Gasteiger charge is 2.37. The molecule has 0 aliphatic carbocycles. The Morgan fingerprint density at radius 3 is 1.86 bits per heavy atom. The minimum Gasteiger partial charge on any atom is -0.307 e. The van der Waals surface area contributed by atoms with E-state index in [1.807, 2.05) is 0 Å². The number of para-hydroxylation sites is 2. The second-order valence-corrected chi connectivity index (χ2v) is 9.28. The summed E-state index contributed by atoms with van der Waals surface area (Å²) < 4.78 is 0. The highest BCUT2D eigenvalue weighted by molar-refractivity contribution is 6.74. The van der Waals surface area contributed by atoms with E-state index >= 15 is 0 Å². The van der Waals surface area contributed by atoms with E-state index in [1.54, 1.807) is 0 Å². The van der Waals surface area contributed by atoms with Crippen molar-refractivity contribution in [3.8, 4) is 0 Å². The second kappa shape index (κ2) is 7.00. The van der Waals surface area contributed by atoms with Crippen molar-refractivity contribution in [2.45, 2.75) is 0 Å². The summed E-state index contributed by atoms with van der Waals surface area (Å²) in [6, 6.07) is 43.9. The Labute approximate surface area is 204 Å². The van der Waals surface area contributed by atoms with Gasteiger partial charge < -0.3 is 9.80 Å². The van der Waals surface area contributed by atoms with E-state index in [0.717, 1.165) is 0 Å². The van der Waals surface area contributed by atoms with Crippen LogP contribution in [0.5, 0.6) is 0 Å². The first-order valence-electron chi connectivity index (χ1n) is 12.0. The molecule has 0 unspecified atom stereocenters. The molecule has 8 rings (SSSR count). The molecule has 6 aromatic carbocycles. The predicted octanol–water partition coefficient (Wildman–Crippen LogP) is 7.21. The van der Waals surface area contributed by atoms with E-state index in [-0.39, 0.29) is 0 Å². The Morgan fingerprint density at radius 1 is 0.457 bits per heavy atom. The average molecular weight is 443 g/mol. The van der Waals surface area contributed by atoms with Gasteiger partial charge in [-0.25, -0.2) is 0 Å². The molecule has 6 aromatic rings. The van der Waals surface area contributed by atoms with Gasteiger partial charge in [0, 0.05) is 11.4 Å². The van der Waals surface area contributed by atoms with Crippen molar-refractivity contribution >= 4 is 73.9 Å². The molecule has 2 aliphatic heterocycles. The van der Waals surface area contributed by atoms with E-state index in [2.05, 4.69) is 138 Å². The third-order valence-corrected chi connectivity index (χ3v) is 7.32. The van der Waals surface area contributed by atoms with Crippen molar-refractivity contribution in [1.29, 1.82) is 0 Å². The highest BCUT2D eigenvalue weighted by Crippen LogP contribution is 2.55. The van der Waals surface area contributed by atoms with Gasteiger partial charge in [-0.1, -0.05) is 90.4 Å². The molecule has 0 spiro atoms. The van der Waals surface area contributed by atoms with Crippen molar-refractivity contribution < 1.29 is 0 Å². The summed E-state index contributed by atoms with van der Waals surface area (Å²) in [5, 5.41) is 5.02. The summed E-state index contributed by atoms with van der Waals surface area (Å²) in [5.41, 5.74) is 9.76. The van der Waals surface area contributed by atoms with E-state index < -0.39 is 0 Å². The minimum atomic E-state index is 1.17. The summed E-state index contributed by atoms with van der Waals surface area (Å²) in [5.74, 6) is 0. The van der Waals surface area contributed by atoms with Gasteiger partial charge in [0.05, 0.1) is 22.7 Å². The number of hydrogen-bond donors (Lipinski definition) is 0. The molecule has 0 fully saturated rings. The van der Waals surface area contributed by atoms with Crippen LogP contribution in [0.2, 0.25) is 0 Å². The molecule has 35 heavy (non-hydrogen) atoms. The smallest absolute Gasteiger partial charge is 0.197 e. The molecule has 0 saturated heterocycles. The second-order valence-electron chi connectivity index (χ2n) is 9.28. The average Bonchev–Trinajstić information content (AvgIpc) is 2.92. The molecule has 0 saturated carbocycles. The van der Waals surface area contributed by atoms with Crippen LogP contribution in [-0.4, -0.2) is 7.28 Å². The maximum Gasteiger partial charge on any atom is 0.197 e. The van der Waals surface area contributed by atoms with Gasteiger partial charge in [-0.05, 0) is 63.4 Å². The Kier molecular flexibility index (Phi) is 3.78. The summed E-state index contributed by atoms with van der Waals surface area (Å²) in [7, 11) is 2.36. The first-order chi connectivity index (χ1) is 17.4. The standard InChI is InChI=1S/C32H20BN2/c1-2-13-24(14-3-1)34-28-18-21-10-4-5-11-22(21)19-29(28)35-27-17-9-8-16-26(27)33-31-25-15-7-6-12-23(25)20-30(34)32(31)35/h1-20H. The monoisotopic (exact) mass is 443 g/mol. The molecule has 0 amide bonds. The zero-order valence-corrected chi connectivity index (χ0v) is 19.0. The zero-order valence-electron chi connectivity index (χ0n) is 19.0. The van der Waals surface area contributed by atoms with E-state index in [9.17, 15) is 0 Å². The lowest BCUT2D eigenvalue weighted by Gasteiger charge is -2.44. The Balaban J connectivity index is 1.56.